The molecule has 0 amide bonds. The number of carbonyl (C=O) groups excluding carboxylic acids is 1. The van der Waals surface area contributed by atoms with Gasteiger partial charge in [-0.2, -0.15) is 0 Å². The molecular weight excluding hydrogens is 104 g/mol. The van der Waals surface area contributed by atoms with Gasteiger partial charge in [0.2, 0.25) is 0 Å². The Morgan fingerprint density at radius 2 is 1.40 bits per heavy atom. The fourth-order valence-corrected chi connectivity index (χ4v) is 0. The Morgan fingerprint density at radius 1 is 1.40 bits per heavy atom. The average molecular weight is 104 g/mol. The average Bonchev–Trinajstić information content (AvgIpc) is 0.811. The van der Waals surface area contributed by atoms with E-state index in [0.29, 0.717) is 0 Å². The molecule has 0 aliphatic heterocycles. The number of carboxylic acid groups (broad SMARTS) is 2. The molecule has 0 heterocycles. The minimum Gasteiger partial charge on any atom is -0.652 e. The van der Waals surface area contributed by atoms with E-state index in [1.54, 1.807) is 0 Å². The molecule has 0 aliphatic rings. The van der Waals surface area contributed by atoms with Gasteiger partial charge in [0.15, 0.2) is 0 Å². The molecule has 0 spiro atoms. The molecule has 0 unspecified atom stereocenters. The molecule has 0 N–H and O–H groups in total. The summed E-state index contributed by atoms with van der Waals surface area (Å²) in [6.07, 6.45) is -2.33. The molecule has 0 saturated carbocycles. The zero-order valence-electron chi connectivity index (χ0n) is 2.43. The molecule has 24 valence electrons. The monoisotopic (exact) mass is 104 g/mol. The molecular formula is CCaO3. The van der Waals surface area contributed by atoms with Crippen molar-refractivity contribution in [3.63, 3.8) is 0 Å². The predicted molar refractivity (Wildman–Crippen MR) is 11.1 cm³/mol. The molecule has 3 nitrogen and oxygen atoms in total. The quantitative estimate of drug-likeness (QED) is 0.311. The van der Waals surface area contributed by atoms with Crippen molar-refractivity contribution in [1.29, 1.82) is 0 Å². The Labute approximate surface area is 58.6 Å². The topological polar surface area (TPSA) is 63.2 Å². The van der Waals surface area contributed by atoms with Crippen molar-refractivity contribution in [3.8, 4) is 0 Å². The van der Waals surface area contributed by atoms with Crippen LogP contribution in [0.25, 0.3) is 0 Å². The first kappa shape index (κ1) is 9.11. The third kappa shape index (κ3) is 103. The molecule has 0 aromatic rings. The van der Waals surface area contributed by atoms with Gasteiger partial charge in [-0.15, -0.1) is 0 Å². The van der Waals surface area contributed by atoms with Gasteiger partial charge in [0.1, 0.15) is 0 Å². The third-order valence-corrected chi connectivity index (χ3v) is 0. The first-order valence-electron chi connectivity index (χ1n) is 0.612. The van der Waals surface area contributed by atoms with Gasteiger partial charge in [0.25, 0.3) is 0 Å². The van der Waals surface area contributed by atoms with Crippen molar-refractivity contribution in [2.75, 3.05) is 0 Å². The third-order valence-electron chi connectivity index (χ3n) is 0. The van der Waals surface area contributed by atoms with E-state index >= 15 is 0 Å². The van der Waals surface area contributed by atoms with Crippen molar-refractivity contribution in [2.45, 2.75) is 0 Å². The van der Waals surface area contributed by atoms with Gasteiger partial charge >= 0.3 is 37.7 Å². The van der Waals surface area contributed by atoms with Gasteiger partial charge in [0, 0.05) is 0 Å². The van der Waals surface area contributed by atoms with E-state index in [1.165, 1.54) is 0 Å². The molecule has 0 aliphatic carbocycles. The van der Waals surface area contributed by atoms with Gasteiger partial charge in [-0.25, -0.2) is 0 Å². The summed E-state index contributed by atoms with van der Waals surface area (Å²) >= 11 is 0. The van der Waals surface area contributed by atoms with Crippen LogP contribution in [0.1, 0.15) is 0 Å². The zero-order chi connectivity index (χ0) is 3.58. The standard InChI is InChI=1S/CH2O3.Ca/c2-1(3)4;/h(H2,2,3,4);/q;+2/p-2/i;1+4. The maximum absolute atomic E-state index is 8.33. The fraction of sp³-hybridized carbons (Fsp3) is 0. The molecule has 0 saturated heterocycles. The van der Waals surface area contributed by atoms with Crippen LogP contribution >= 0.6 is 0 Å². The summed E-state index contributed by atoms with van der Waals surface area (Å²) in [6.45, 7) is 0. The second-order valence-corrected chi connectivity index (χ2v) is 0.250. The molecule has 0 radical (unpaired) electrons. The van der Waals surface area contributed by atoms with E-state index in [-0.39, 0.29) is 37.7 Å². The predicted octanol–water partition coefficient (Wildman–Crippen LogP) is -2.83. The second kappa shape index (κ2) is 4.53. The summed E-state index contributed by atoms with van der Waals surface area (Å²) in [7, 11) is 0. The van der Waals surface area contributed by atoms with Crippen LogP contribution < -0.4 is 10.2 Å². The van der Waals surface area contributed by atoms with Crippen LogP contribution in [-0.4, -0.2) is 43.9 Å². The summed E-state index contributed by atoms with van der Waals surface area (Å²) < 4.78 is 0. The van der Waals surface area contributed by atoms with Crippen molar-refractivity contribution in [3.05, 3.63) is 0 Å². The summed E-state index contributed by atoms with van der Waals surface area (Å²) in [5, 5.41) is 16.7. The van der Waals surface area contributed by atoms with Crippen LogP contribution in [0.2, 0.25) is 0 Å². The van der Waals surface area contributed by atoms with Gasteiger partial charge in [-0.05, 0) is 6.16 Å². The van der Waals surface area contributed by atoms with Gasteiger partial charge in [0.05, 0.1) is 0 Å². The summed E-state index contributed by atoms with van der Waals surface area (Å²) in [5.74, 6) is 0. The van der Waals surface area contributed by atoms with Gasteiger partial charge < -0.3 is 15.0 Å². The molecule has 0 atom stereocenters. The van der Waals surface area contributed by atoms with Crippen LogP contribution in [-0.2, 0) is 0 Å². The van der Waals surface area contributed by atoms with Crippen LogP contribution in [0.15, 0.2) is 0 Å². The zero-order valence-corrected chi connectivity index (χ0v) is 4.64. The van der Waals surface area contributed by atoms with Gasteiger partial charge in [-0.3, -0.25) is 0 Å². The molecule has 0 fully saturated rings. The molecule has 0 rings (SSSR count). The molecule has 0 aromatic carbocycles. The van der Waals surface area contributed by atoms with E-state index in [9.17, 15) is 0 Å². The largest absolute Gasteiger partial charge is 2.00 e. The second-order valence-electron chi connectivity index (χ2n) is 0.250. The van der Waals surface area contributed by atoms with Crippen LogP contribution in [0.3, 0.4) is 0 Å². The van der Waals surface area contributed by atoms with Crippen LogP contribution in [0.5, 0.6) is 0 Å². The Balaban J connectivity index is 0. The molecule has 0 bridgehead atoms. The maximum atomic E-state index is 8.33. The number of carbonyl (C=O) groups is 1. The fourth-order valence-electron chi connectivity index (χ4n) is 0. The van der Waals surface area contributed by atoms with Crippen molar-refractivity contribution in [2.24, 2.45) is 0 Å². The minimum absolute atomic E-state index is 0. The summed E-state index contributed by atoms with van der Waals surface area (Å²) in [4.78, 5) is 8.33. The smallest absolute Gasteiger partial charge is 0.652 e. The van der Waals surface area contributed by atoms with E-state index in [2.05, 4.69) is 0 Å². The van der Waals surface area contributed by atoms with E-state index < -0.39 is 6.16 Å². The van der Waals surface area contributed by atoms with E-state index in [1.807, 2.05) is 0 Å². The Hall–Kier alpha value is 0.530. The number of hydrogen-bond donors (Lipinski definition) is 0. The first-order valence-corrected chi connectivity index (χ1v) is 0.612. The van der Waals surface area contributed by atoms with Crippen molar-refractivity contribution in [1.82, 2.24) is 0 Å². The number of hydrogen-bond acceptors (Lipinski definition) is 3. The molecule has 4 heteroatoms. The number of rotatable bonds is 0. The first-order chi connectivity index (χ1) is 1.73. The van der Waals surface area contributed by atoms with Gasteiger partial charge in [-0.1, -0.05) is 0 Å². The summed E-state index contributed by atoms with van der Waals surface area (Å²) in [5.41, 5.74) is 0. The summed E-state index contributed by atoms with van der Waals surface area (Å²) in [6, 6.07) is 0. The van der Waals surface area contributed by atoms with Crippen molar-refractivity contribution >= 4 is 43.9 Å². The van der Waals surface area contributed by atoms with Crippen molar-refractivity contribution < 1.29 is 15.0 Å². The Kier molecular flexibility index (Phi) is 8.25. The SMILES string of the molecule is O=C([O-])[O-].[44Ca+2]. The Bertz CT molecular complexity index is 29.9. The van der Waals surface area contributed by atoms with E-state index in [4.69, 9.17) is 15.0 Å². The molecule has 0 aromatic heterocycles. The maximum Gasteiger partial charge on any atom is 2.00 e. The minimum atomic E-state index is -2.33. The van der Waals surface area contributed by atoms with E-state index in [0.717, 1.165) is 0 Å². The van der Waals surface area contributed by atoms with Crippen LogP contribution in [0.4, 0.5) is 4.79 Å². The Morgan fingerprint density at radius 3 is 1.40 bits per heavy atom. The molecule has 5 heavy (non-hydrogen) atoms. The normalized spacial score (nSPS) is 4.80. The van der Waals surface area contributed by atoms with Crippen LogP contribution in [0, 0.1) is 0 Å².